The van der Waals surface area contributed by atoms with E-state index in [0.29, 0.717) is 6.61 Å². The molecule has 0 bridgehead atoms. The molecule has 0 saturated heterocycles. The van der Waals surface area contributed by atoms with E-state index in [1.807, 2.05) is 0 Å². The smallest absolute Gasteiger partial charge is 0.314 e. The molecular formula is C7H10N2O3. The minimum Gasteiger partial charge on any atom is -0.465 e. The lowest BCUT2D eigenvalue weighted by molar-refractivity contribution is -0.147. The van der Waals surface area contributed by atoms with E-state index in [0.717, 1.165) is 0 Å². The van der Waals surface area contributed by atoms with Gasteiger partial charge in [0.15, 0.2) is 0 Å². The summed E-state index contributed by atoms with van der Waals surface area (Å²) in [6, 6.07) is 0. The second-order valence-corrected chi connectivity index (χ2v) is 2.38. The van der Waals surface area contributed by atoms with Crippen molar-refractivity contribution in [2.75, 3.05) is 6.61 Å². The highest BCUT2D eigenvalue weighted by Gasteiger charge is 2.23. The van der Waals surface area contributed by atoms with Crippen molar-refractivity contribution in [1.82, 2.24) is 5.43 Å². The van der Waals surface area contributed by atoms with Crippen molar-refractivity contribution in [2.24, 2.45) is 11.0 Å². The third-order valence-corrected chi connectivity index (χ3v) is 1.44. The van der Waals surface area contributed by atoms with Gasteiger partial charge in [0.25, 0.3) is 0 Å². The maximum absolute atomic E-state index is 11.1. The number of nitrogens with one attached hydrogen (secondary N) is 1. The number of ether oxygens (including phenoxy) is 1. The van der Waals surface area contributed by atoms with Gasteiger partial charge in [0, 0.05) is 12.6 Å². The Bertz CT molecular complexity index is 225. The van der Waals surface area contributed by atoms with Crippen molar-refractivity contribution in [1.29, 1.82) is 0 Å². The molecule has 1 rings (SSSR count). The largest absolute Gasteiger partial charge is 0.465 e. The third-order valence-electron chi connectivity index (χ3n) is 1.44. The molecule has 1 N–H and O–H groups in total. The molecule has 0 aromatic heterocycles. The van der Waals surface area contributed by atoms with E-state index < -0.39 is 11.9 Å². The Morgan fingerprint density at radius 3 is 3.25 bits per heavy atom. The van der Waals surface area contributed by atoms with Crippen LogP contribution in [0.1, 0.15) is 13.3 Å². The van der Waals surface area contributed by atoms with Crippen LogP contribution in [0.3, 0.4) is 0 Å². The van der Waals surface area contributed by atoms with E-state index in [9.17, 15) is 9.59 Å². The molecule has 1 unspecified atom stereocenters. The Labute approximate surface area is 69.8 Å². The van der Waals surface area contributed by atoms with Crippen molar-refractivity contribution < 1.29 is 14.3 Å². The van der Waals surface area contributed by atoms with E-state index >= 15 is 0 Å². The number of amides is 1. The number of carbonyl (C=O) groups is 2. The number of nitrogens with zero attached hydrogens (tertiary/aromatic N) is 1. The van der Waals surface area contributed by atoms with Crippen LogP contribution in [0, 0.1) is 5.92 Å². The van der Waals surface area contributed by atoms with E-state index in [4.69, 9.17) is 4.74 Å². The van der Waals surface area contributed by atoms with E-state index in [2.05, 4.69) is 10.5 Å². The van der Waals surface area contributed by atoms with Gasteiger partial charge in [-0.15, -0.1) is 0 Å². The molecular weight excluding hydrogens is 160 g/mol. The van der Waals surface area contributed by atoms with Gasteiger partial charge in [0.2, 0.25) is 5.91 Å². The standard InChI is InChI=1S/C7H10N2O3/c1-2-12-7(11)5-3-6(10)9-8-4-5/h4-5H,2-3H2,1H3,(H,9,10). The minimum absolute atomic E-state index is 0.127. The van der Waals surface area contributed by atoms with Crippen LogP contribution in [-0.2, 0) is 14.3 Å². The summed E-state index contributed by atoms with van der Waals surface area (Å²) in [5, 5.41) is 3.52. The fraction of sp³-hybridized carbons (Fsp3) is 0.571. The topological polar surface area (TPSA) is 67.8 Å². The van der Waals surface area contributed by atoms with Crippen molar-refractivity contribution >= 4 is 18.1 Å². The fourth-order valence-electron chi connectivity index (χ4n) is 0.891. The molecule has 66 valence electrons. The number of hydrogen-bond donors (Lipinski definition) is 1. The zero-order valence-corrected chi connectivity index (χ0v) is 6.74. The lowest BCUT2D eigenvalue weighted by Gasteiger charge is -2.13. The zero-order chi connectivity index (χ0) is 8.97. The summed E-state index contributed by atoms with van der Waals surface area (Å²) in [5.74, 6) is -1.16. The Morgan fingerprint density at radius 2 is 2.67 bits per heavy atom. The first-order chi connectivity index (χ1) is 5.74. The highest BCUT2D eigenvalue weighted by Crippen LogP contribution is 2.06. The summed E-state index contributed by atoms with van der Waals surface area (Å²) < 4.78 is 4.72. The monoisotopic (exact) mass is 170 g/mol. The van der Waals surface area contributed by atoms with Gasteiger partial charge in [-0.25, -0.2) is 5.43 Å². The van der Waals surface area contributed by atoms with E-state index in [1.54, 1.807) is 6.92 Å². The lowest BCUT2D eigenvalue weighted by Crippen LogP contribution is -2.32. The number of hydrogen-bond acceptors (Lipinski definition) is 4. The number of hydrazone groups is 1. The summed E-state index contributed by atoms with van der Waals surface area (Å²) in [5.41, 5.74) is 2.23. The second-order valence-electron chi connectivity index (χ2n) is 2.38. The molecule has 1 heterocycles. The quantitative estimate of drug-likeness (QED) is 0.577. The summed E-state index contributed by atoms with van der Waals surface area (Å²) in [4.78, 5) is 21.8. The molecule has 0 fully saturated rings. The fourth-order valence-corrected chi connectivity index (χ4v) is 0.891. The second kappa shape index (κ2) is 3.85. The zero-order valence-electron chi connectivity index (χ0n) is 6.74. The summed E-state index contributed by atoms with van der Waals surface area (Å²) >= 11 is 0. The van der Waals surface area contributed by atoms with Gasteiger partial charge >= 0.3 is 5.97 Å². The average molecular weight is 170 g/mol. The van der Waals surface area contributed by atoms with Crippen molar-refractivity contribution in [2.45, 2.75) is 13.3 Å². The molecule has 0 saturated carbocycles. The lowest BCUT2D eigenvalue weighted by atomic mass is 10.1. The highest BCUT2D eigenvalue weighted by atomic mass is 16.5. The van der Waals surface area contributed by atoms with Gasteiger partial charge in [-0.05, 0) is 6.92 Å². The molecule has 0 aromatic rings. The van der Waals surface area contributed by atoms with Gasteiger partial charge in [-0.1, -0.05) is 0 Å². The van der Waals surface area contributed by atoms with Gasteiger partial charge < -0.3 is 4.74 Å². The summed E-state index contributed by atoms with van der Waals surface area (Å²) in [6.07, 6.45) is 1.52. The summed E-state index contributed by atoms with van der Waals surface area (Å²) in [6.45, 7) is 2.04. The van der Waals surface area contributed by atoms with Crippen molar-refractivity contribution in [3.05, 3.63) is 0 Å². The first kappa shape index (κ1) is 8.70. The molecule has 0 aliphatic carbocycles. The van der Waals surface area contributed by atoms with Gasteiger partial charge in [0.05, 0.1) is 6.61 Å². The molecule has 0 spiro atoms. The minimum atomic E-state index is -0.515. The first-order valence-corrected chi connectivity index (χ1v) is 3.72. The van der Waals surface area contributed by atoms with Crippen LogP contribution < -0.4 is 5.43 Å². The first-order valence-electron chi connectivity index (χ1n) is 3.72. The van der Waals surface area contributed by atoms with Gasteiger partial charge in [-0.3, -0.25) is 9.59 Å². The number of esters is 1. The van der Waals surface area contributed by atoms with Crippen LogP contribution in [0.5, 0.6) is 0 Å². The van der Waals surface area contributed by atoms with Crippen LogP contribution in [-0.4, -0.2) is 24.7 Å². The predicted molar refractivity (Wildman–Crippen MR) is 41.4 cm³/mol. The molecule has 1 aliphatic rings. The van der Waals surface area contributed by atoms with Gasteiger partial charge in [0.1, 0.15) is 5.92 Å². The molecule has 0 radical (unpaired) electrons. The normalized spacial score (nSPS) is 21.8. The number of rotatable bonds is 2. The summed E-state index contributed by atoms with van der Waals surface area (Å²) in [7, 11) is 0. The molecule has 5 nitrogen and oxygen atoms in total. The van der Waals surface area contributed by atoms with E-state index in [-0.39, 0.29) is 12.3 Å². The Kier molecular flexibility index (Phi) is 2.79. The number of carbonyl (C=O) groups excluding carboxylic acids is 2. The molecule has 1 atom stereocenters. The SMILES string of the molecule is CCOC(=O)C1C=NNC(=O)C1. The van der Waals surface area contributed by atoms with Crippen LogP contribution in [0.15, 0.2) is 5.10 Å². The van der Waals surface area contributed by atoms with Crippen molar-refractivity contribution in [3.63, 3.8) is 0 Å². The van der Waals surface area contributed by atoms with Crippen LogP contribution in [0.4, 0.5) is 0 Å². The van der Waals surface area contributed by atoms with E-state index in [1.165, 1.54) is 6.21 Å². The highest BCUT2D eigenvalue weighted by molar-refractivity contribution is 5.96. The van der Waals surface area contributed by atoms with Crippen LogP contribution in [0.2, 0.25) is 0 Å². The molecule has 12 heavy (non-hydrogen) atoms. The maximum atomic E-state index is 11.1. The third kappa shape index (κ3) is 2.05. The molecule has 1 aliphatic heterocycles. The average Bonchev–Trinajstić information content (AvgIpc) is 2.05. The maximum Gasteiger partial charge on any atom is 0.314 e. The van der Waals surface area contributed by atoms with Crippen LogP contribution >= 0.6 is 0 Å². The molecule has 5 heteroatoms. The van der Waals surface area contributed by atoms with Crippen LogP contribution in [0.25, 0.3) is 0 Å². The Balaban J connectivity index is 2.51. The van der Waals surface area contributed by atoms with Gasteiger partial charge in [-0.2, -0.15) is 5.10 Å². The molecule has 0 aromatic carbocycles. The predicted octanol–water partition coefficient (Wildman–Crippen LogP) is -0.329. The van der Waals surface area contributed by atoms with Crippen molar-refractivity contribution in [3.8, 4) is 0 Å². The Morgan fingerprint density at radius 1 is 1.92 bits per heavy atom. The molecule has 1 amide bonds. The Hall–Kier alpha value is -1.39.